The van der Waals surface area contributed by atoms with Crippen LogP contribution in [0.4, 0.5) is 19.0 Å². The smallest absolute Gasteiger partial charge is 0.422 e. The molecule has 0 fully saturated rings. The molecule has 0 amide bonds. The van der Waals surface area contributed by atoms with E-state index < -0.39 is 12.8 Å². The topological polar surface area (TPSA) is 60.2 Å². The minimum absolute atomic E-state index is 0.0712. The Morgan fingerprint density at radius 1 is 1.22 bits per heavy atom. The first-order valence-corrected chi connectivity index (χ1v) is 5.05. The van der Waals surface area contributed by atoms with E-state index in [4.69, 9.17) is 10.6 Å². The number of hydrogen-bond donors (Lipinski definition) is 2. The van der Waals surface area contributed by atoms with Crippen molar-refractivity contribution in [3.63, 3.8) is 0 Å². The SMILES string of the molecule is NNc1ccc2cccc(OCC(F)(F)F)c2n1. The largest absolute Gasteiger partial charge is 0.482 e. The molecule has 0 aliphatic rings. The molecule has 4 nitrogen and oxygen atoms in total. The van der Waals surface area contributed by atoms with Crippen LogP contribution in [-0.4, -0.2) is 17.8 Å². The van der Waals surface area contributed by atoms with Crippen LogP contribution in [0.25, 0.3) is 10.9 Å². The van der Waals surface area contributed by atoms with Crippen LogP contribution in [0.5, 0.6) is 5.75 Å². The molecule has 0 saturated carbocycles. The Bertz CT molecular complexity index is 557. The summed E-state index contributed by atoms with van der Waals surface area (Å²) in [5.41, 5.74) is 2.66. The molecule has 18 heavy (non-hydrogen) atoms. The Morgan fingerprint density at radius 3 is 2.67 bits per heavy atom. The number of ether oxygens (including phenoxy) is 1. The maximum Gasteiger partial charge on any atom is 0.422 e. The maximum atomic E-state index is 12.1. The molecular weight excluding hydrogens is 247 g/mol. The number of aromatic nitrogens is 1. The van der Waals surface area contributed by atoms with Crippen molar-refractivity contribution in [3.8, 4) is 5.75 Å². The number of alkyl halides is 3. The van der Waals surface area contributed by atoms with E-state index >= 15 is 0 Å². The van der Waals surface area contributed by atoms with Crippen molar-refractivity contribution in [3.05, 3.63) is 30.3 Å². The van der Waals surface area contributed by atoms with E-state index in [1.807, 2.05) is 0 Å². The number of benzene rings is 1. The van der Waals surface area contributed by atoms with Crippen molar-refractivity contribution < 1.29 is 17.9 Å². The van der Waals surface area contributed by atoms with Crippen molar-refractivity contribution in [1.82, 2.24) is 4.98 Å². The zero-order valence-electron chi connectivity index (χ0n) is 9.16. The van der Waals surface area contributed by atoms with E-state index in [1.165, 1.54) is 6.07 Å². The third-order valence-electron chi connectivity index (χ3n) is 2.22. The molecule has 0 unspecified atom stereocenters. The summed E-state index contributed by atoms with van der Waals surface area (Å²) in [5.74, 6) is 5.62. The van der Waals surface area contributed by atoms with Gasteiger partial charge in [0.1, 0.15) is 17.1 Å². The van der Waals surface area contributed by atoms with Gasteiger partial charge in [-0.05, 0) is 18.2 Å². The Labute approximate surface area is 101 Å². The summed E-state index contributed by atoms with van der Waals surface area (Å²) in [6, 6.07) is 8.07. The lowest BCUT2D eigenvalue weighted by atomic mass is 10.2. The van der Waals surface area contributed by atoms with Crippen LogP contribution in [0.2, 0.25) is 0 Å². The van der Waals surface area contributed by atoms with Crippen molar-refractivity contribution in [2.75, 3.05) is 12.0 Å². The molecular formula is C11H10F3N3O. The van der Waals surface area contributed by atoms with Gasteiger partial charge in [0, 0.05) is 5.39 Å². The molecule has 0 atom stereocenters. The summed E-state index contributed by atoms with van der Waals surface area (Å²) in [6.45, 7) is -1.35. The first-order chi connectivity index (χ1) is 8.49. The second-order valence-electron chi connectivity index (χ2n) is 3.57. The van der Waals surface area contributed by atoms with Crippen molar-refractivity contribution >= 4 is 16.7 Å². The van der Waals surface area contributed by atoms with Gasteiger partial charge in [-0.1, -0.05) is 12.1 Å². The van der Waals surface area contributed by atoms with Crippen LogP contribution in [-0.2, 0) is 0 Å². The fourth-order valence-corrected chi connectivity index (χ4v) is 1.48. The van der Waals surface area contributed by atoms with Crippen LogP contribution >= 0.6 is 0 Å². The molecule has 0 aliphatic carbocycles. The van der Waals surface area contributed by atoms with Crippen LogP contribution < -0.4 is 16.0 Å². The lowest BCUT2D eigenvalue weighted by Gasteiger charge is -2.11. The third-order valence-corrected chi connectivity index (χ3v) is 2.22. The highest BCUT2D eigenvalue weighted by atomic mass is 19.4. The second kappa shape index (κ2) is 4.69. The Hall–Kier alpha value is -2.02. The fraction of sp³-hybridized carbons (Fsp3) is 0.182. The molecule has 3 N–H and O–H groups in total. The van der Waals surface area contributed by atoms with Crippen LogP contribution in [0, 0.1) is 0 Å². The molecule has 2 rings (SSSR count). The highest BCUT2D eigenvalue weighted by molar-refractivity contribution is 5.85. The number of nitrogen functional groups attached to an aromatic ring is 1. The number of halogens is 3. The van der Waals surface area contributed by atoms with Gasteiger partial charge in [-0.15, -0.1) is 0 Å². The number of rotatable bonds is 3. The lowest BCUT2D eigenvalue weighted by molar-refractivity contribution is -0.153. The Kier molecular flexibility index (Phi) is 3.24. The van der Waals surface area contributed by atoms with Gasteiger partial charge in [-0.25, -0.2) is 10.8 Å². The molecule has 1 heterocycles. The second-order valence-corrected chi connectivity index (χ2v) is 3.57. The molecule has 1 aromatic carbocycles. The highest BCUT2D eigenvalue weighted by Gasteiger charge is 2.28. The number of fused-ring (bicyclic) bond motifs is 1. The molecule has 1 aromatic heterocycles. The molecule has 0 radical (unpaired) electrons. The van der Waals surface area contributed by atoms with Gasteiger partial charge in [-0.2, -0.15) is 13.2 Å². The normalized spacial score (nSPS) is 11.6. The summed E-state index contributed by atoms with van der Waals surface area (Å²) < 4.78 is 41.1. The molecule has 0 aliphatic heterocycles. The summed E-state index contributed by atoms with van der Waals surface area (Å²) in [7, 11) is 0. The number of anilines is 1. The van der Waals surface area contributed by atoms with Crippen molar-refractivity contribution in [1.29, 1.82) is 0 Å². The minimum atomic E-state index is -4.38. The Balaban J connectivity index is 2.37. The van der Waals surface area contributed by atoms with Crippen LogP contribution in [0.1, 0.15) is 0 Å². The molecule has 2 aromatic rings. The fourth-order valence-electron chi connectivity index (χ4n) is 1.48. The number of hydrazine groups is 1. The molecule has 7 heteroatoms. The van der Waals surface area contributed by atoms with Gasteiger partial charge in [0.05, 0.1) is 0 Å². The quantitative estimate of drug-likeness (QED) is 0.655. The minimum Gasteiger partial charge on any atom is -0.482 e. The summed E-state index contributed by atoms with van der Waals surface area (Å²) in [6.07, 6.45) is -4.38. The Morgan fingerprint density at radius 2 is 2.00 bits per heavy atom. The maximum absolute atomic E-state index is 12.1. The third kappa shape index (κ3) is 2.80. The van der Waals surface area contributed by atoms with E-state index in [1.54, 1.807) is 24.3 Å². The number of pyridine rings is 1. The van der Waals surface area contributed by atoms with Gasteiger partial charge in [0.2, 0.25) is 0 Å². The van der Waals surface area contributed by atoms with Gasteiger partial charge < -0.3 is 10.2 Å². The average Bonchev–Trinajstić information content (AvgIpc) is 2.34. The van der Waals surface area contributed by atoms with Gasteiger partial charge in [-0.3, -0.25) is 0 Å². The van der Waals surface area contributed by atoms with E-state index in [0.717, 1.165) is 0 Å². The summed E-state index contributed by atoms with van der Waals surface area (Å²) >= 11 is 0. The van der Waals surface area contributed by atoms with Crippen molar-refractivity contribution in [2.24, 2.45) is 5.84 Å². The molecule has 0 saturated heterocycles. The summed E-state index contributed by atoms with van der Waals surface area (Å²) in [4.78, 5) is 4.07. The van der Waals surface area contributed by atoms with E-state index in [2.05, 4.69) is 10.4 Å². The highest BCUT2D eigenvalue weighted by Crippen LogP contribution is 2.26. The first kappa shape index (κ1) is 12.4. The zero-order valence-corrected chi connectivity index (χ0v) is 9.16. The monoisotopic (exact) mass is 257 g/mol. The number of hydrogen-bond acceptors (Lipinski definition) is 4. The van der Waals surface area contributed by atoms with Gasteiger partial charge >= 0.3 is 6.18 Å². The lowest BCUT2D eigenvalue weighted by Crippen LogP contribution is -2.19. The van der Waals surface area contributed by atoms with E-state index in [9.17, 15) is 13.2 Å². The van der Waals surface area contributed by atoms with Crippen molar-refractivity contribution in [2.45, 2.75) is 6.18 Å². The number of nitrogens with two attached hydrogens (primary N) is 1. The molecule has 0 bridgehead atoms. The first-order valence-electron chi connectivity index (χ1n) is 5.05. The van der Waals surface area contributed by atoms with Crippen LogP contribution in [0.15, 0.2) is 30.3 Å². The van der Waals surface area contributed by atoms with E-state index in [-0.39, 0.29) is 5.75 Å². The van der Waals surface area contributed by atoms with Gasteiger partial charge in [0.25, 0.3) is 0 Å². The van der Waals surface area contributed by atoms with E-state index in [0.29, 0.717) is 16.7 Å². The number of para-hydroxylation sites is 1. The molecule has 96 valence electrons. The number of nitrogens with one attached hydrogen (secondary N) is 1. The predicted molar refractivity (Wildman–Crippen MR) is 61.1 cm³/mol. The van der Waals surface area contributed by atoms with Gasteiger partial charge in [0.15, 0.2) is 6.61 Å². The summed E-state index contributed by atoms with van der Waals surface area (Å²) in [5, 5.41) is 0.675. The standard InChI is InChI=1S/C11H10F3N3O/c12-11(13,14)6-18-8-3-1-2-7-4-5-9(17-15)16-10(7)8/h1-5H,6,15H2,(H,16,17). The average molecular weight is 257 g/mol. The van der Waals surface area contributed by atoms with Crippen LogP contribution in [0.3, 0.4) is 0 Å². The molecule has 0 spiro atoms. The number of nitrogens with zero attached hydrogens (tertiary/aromatic N) is 1. The predicted octanol–water partition coefficient (Wildman–Crippen LogP) is 2.46. The zero-order chi connectivity index (χ0) is 13.2.